The number of aromatic nitrogens is 3. The molecule has 4 fully saturated rings. The van der Waals surface area contributed by atoms with E-state index < -0.39 is 0 Å². The Kier molecular flexibility index (Phi) is 2.09. The molecule has 4 nitrogen and oxygen atoms in total. The van der Waals surface area contributed by atoms with Crippen LogP contribution < -0.4 is 0 Å². The zero-order chi connectivity index (χ0) is 12.2. The number of hydrogen-bond acceptors (Lipinski definition) is 3. The number of nitrogens with one attached hydrogen (secondary N) is 1. The van der Waals surface area contributed by atoms with Crippen LogP contribution in [0.2, 0.25) is 0 Å². The average molecular weight is 242 g/mol. The number of H-pyrrole nitrogens is 1. The summed E-state index contributed by atoms with van der Waals surface area (Å²) >= 11 is 0. The molecular formula is C14H18N4. The fourth-order valence-electron chi connectivity index (χ4n) is 5.07. The van der Waals surface area contributed by atoms with Crippen LogP contribution in [0.25, 0.3) is 0 Å². The van der Waals surface area contributed by atoms with Gasteiger partial charge in [-0.3, -0.25) is 5.10 Å². The molecule has 0 saturated heterocycles. The zero-order valence-electron chi connectivity index (χ0n) is 10.5. The van der Waals surface area contributed by atoms with Gasteiger partial charge in [0.2, 0.25) is 0 Å². The normalized spacial score (nSPS) is 40.9. The van der Waals surface area contributed by atoms with E-state index in [1.807, 2.05) is 0 Å². The number of rotatable bonds is 2. The van der Waals surface area contributed by atoms with Crippen molar-refractivity contribution in [1.82, 2.24) is 15.2 Å². The summed E-state index contributed by atoms with van der Waals surface area (Å²) in [7, 11) is 0. The van der Waals surface area contributed by atoms with Crippen LogP contribution in [0.1, 0.15) is 50.2 Å². The lowest BCUT2D eigenvalue weighted by Crippen LogP contribution is -2.49. The van der Waals surface area contributed by atoms with Crippen LogP contribution in [0.5, 0.6) is 0 Å². The highest BCUT2D eigenvalue weighted by Gasteiger charge is 2.53. The van der Waals surface area contributed by atoms with Crippen molar-refractivity contribution in [2.24, 2.45) is 17.8 Å². The Morgan fingerprint density at radius 3 is 2.33 bits per heavy atom. The number of nitriles is 1. The van der Waals surface area contributed by atoms with Crippen molar-refractivity contribution in [2.45, 2.75) is 50.4 Å². The molecule has 4 aliphatic rings. The second-order valence-electron chi connectivity index (χ2n) is 6.64. The minimum absolute atomic E-state index is 0.249. The minimum Gasteiger partial charge on any atom is -0.262 e. The maximum atomic E-state index is 8.73. The van der Waals surface area contributed by atoms with Crippen molar-refractivity contribution in [2.75, 3.05) is 0 Å². The van der Waals surface area contributed by atoms with E-state index >= 15 is 0 Å². The van der Waals surface area contributed by atoms with Gasteiger partial charge in [0.1, 0.15) is 5.82 Å². The van der Waals surface area contributed by atoms with Crippen LogP contribution >= 0.6 is 0 Å². The van der Waals surface area contributed by atoms with Gasteiger partial charge in [0.25, 0.3) is 0 Å². The molecule has 5 rings (SSSR count). The van der Waals surface area contributed by atoms with Gasteiger partial charge in [-0.2, -0.15) is 10.4 Å². The minimum atomic E-state index is 0.249. The molecule has 0 aromatic carbocycles. The SMILES string of the molecule is N#CCc1nc(C23CC4CC(CC(C4)C2)C3)n[nH]1. The second-order valence-corrected chi connectivity index (χ2v) is 6.64. The topological polar surface area (TPSA) is 65.4 Å². The summed E-state index contributed by atoms with van der Waals surface area (Å²) in [6.45, 7) is 0. The number of hydrogen-bond donors (Lipinski definition) is 1. The summed E-state index contributed by atoms with van der Waals surface area (Å²) in [4.78, 5) is 4.60. The van der Waals surface area contributed by atoms with Gasteiger partial charge >= 0.3 is 0 Å². The summed E-state index contributed by atoms with van der Waals surface area (Å²) in [5.74, 6) is 4.48. The Balaban J connectivity index is 1.68. The van der Waals surface area contributed by atoms with Crippen LogP contribution in [0, 0.1) is 29.1 Å². The van der Waals surface area contributed by atoms with E-state index in [0.717, 1.165) is 29.4 Å². The number of nitrogens with zero attached hydrogens (tertiary/aromatic N) is 3. The van der Waals surface area contributed by atoms with Gasteiger partial charge in [0.15, 0.2) is 5.82 Å². The van der Waals surface area contributed by atoms with E-state index in [1.165, 1.54) is 38.5 Å². The smallest absolute Gasteiger partial charge is 0.156 e. The second kappa shape index (κ2) is 3.57. The van der Waals surface area contributed by atoms with E-state index in [2.05, 4.69) is 21.3 Å². The van der Waals surface area contributed by atoms with Gasteiger partial charge in [-0.1, -0.05) is 0 Å². The lowest BCUT2D eigenvalue weighted by Gasteiger charge is -2.55. The van der Waals surface area contributed by atoms with E-state index in [9.17, 15) is 0 Å². The lowest BCUT2D eigenvalue weighted by atomic mass is 9.49. The molecule has 94 valence electrons. The fourth-order valence-corrected chi connectivity index (χ4v) is 5.07. The molecule has 4 aliphatic carbocycles. The van der Waals surface area contributed by atoms with Gasteiger partial charge in [-0.25, -0.2) is 4.98 Å². The van der Waals surface area contributed by atoms with Crippen LogP contribution in [0.15, 0.2) is 0 Å². The van der Waals surface area contributed by atoms with Crippen LogP contribution in [0.4, 0.5) is 0 Å². The van der Waals surface area contributed by atoms with Crippen molar-refractivity contribution >= 4 is 0 Å². The molecule has 4 saturated carbocycles. The maximum Gasteiger partial charge on any atom is 0.156 e. The first kappa shape index (κ1) is 10.5. The van der Waals surface area contributed by atoms with Gasteiger partial charge < -0.3 is 0 Å². The molecule has 1 aromatic heterocycles. The number of aromatic amines is 1. The van der Waals surface area contributed by atoms with E-state index in [-0.39, 0.29) is 5.41 Å². The van der Waals surface area contributed by atoms with E-state index in [0.29, 0.717) is 6.42 Å². The van der Waals surface area contributed by atoms with Crippen LogP contribution in [-0.4, -0.2) is 15.2 Å². The predicted octanol–water partition coefficient (Wildman–Crippen LogP) is 2.34. The molecule has 0 atom stereocenters. The third-order valence-corrected chi connectivity index (χ3v) is 5.29. The fraction of sp³-hybridized carbons (Fsp3) is 0.786. The Bertz CT molecular complexity index is 475. The summed E-state index contributed by atoms with van der Waals surface area (Å²) in [5.41, 5.74) is 0.249. The molecule has 0 aliphatic heterocycles. The van der Waals surface area contributed by atoms with Crippen molar-refractivity contribution in [3.63, 3.8) is 0 Å². The van der Waals surface area contributed by atoms with Crippen LogP contribution in [0.3, 0.4) is 0 Å². The highest BCUT2D eigenvalue weighted by molar-refractivity contribution is 5.17. The summed E-state index contributed by atoms with van der Waals surface area (Å²) < 4.78 is 0. The lowest BCUT2D eigenvalue weighted by molar-refractivity contribution is -0.00925. The molecule has 0 amide bonds. The van der Waals surface area contributed by atoms with Gasteiger partial charge in [0.05, 0.1) is 12.5 Å². The highest BCUT2D eigenvalue weighted by atomic mass is 15.2. The van der Waals surface area contributed by atoms with Crippen molar-refractivity contribution < 1.29 is 0 Å². The zero-order valence-corrected chi connectivity index (χ0v) is 10.5. The Hall–Kier alpha value is -1.37. The predicted molar refractivity (Wildman–Crippen MR) is 65.5 cm³/mol. The Morgan fingerprint density at radius 1 is 1.17 bits per heavy atom. The molecule has 1 aromatic rings. The molecule has 1 heterocycles. The molecule has 4 bridgehead atoms. The Labute approximate surface area is 107 Å². The summed E-state index contributed by atoms with van der Waals surface area (Å²) in [6, 6.07) is 2.14. The van der Waals surface area contributed by atoms with Crippen molar-refractivity contribution in [3.8, 4) is 6.07 Å². The van der Waals surface area contributed by atoms with E-state index in [1.54, 1.807) is 0 Å². The molecule has 0 unspecified atom stereocenters. The molecular weight excluding hydrogens is 224 g/mol. The summed E-state index contributed by atoms with van der Waals surface area (Å²) in [5, 5.41) is 16.1. The first-order chi connectivity index (χ1) is 8.77. The highest BCUT2D eigenvalue weighted by Crippen LogP contribution is 2.60. The van der Waals surface area contributed by atoms with Gasteiger partial charge in [0, 0.05) is 5.41 Å². The summed E-state index contributed by atoms with van der Waals surface area (Å²) in [6.07, 6.45) is 8.51. The molecule has 1 N–H and O–H groups in total. The Morgan fingerprint density at radius 2 is 1.78 bits per heavy atom. The third kappa shape index (κ3) is 1.43. The van der Waals surface area contributed by atoms with Gasteiger partial charge in [-0.15, -0.1) is 0 Å². The standard InChI is InChI=1S/C14H18N4/c15-2-1-12-16-13(18-17-12)14-6-9-3-10(7-14)5-11(4-9)8-14/h9-11H,1,3-8H2,(H,16,17,18). The third-order valence-electron chi connectivity index (χ3n) is 5.29. The first-order valence-electron chi connectivity index (χ1n) is 7.06. The molecule has 0 radical (unpaired) electrons. The van der Waals surface area contributed by atoms with Crippen LogP contribution in [-0.2, 0) is 11.8 Å². The maximum absolute atomic E-state index is 8.73. The first-order valence-corrected chi connectivity index (χ1v) is 7.06. The molecule has 18 heavy (non-hydrogen) atoms. The van der Waals surface area contributed by atoms with Crippen molar-refractivity contribution in [3.05, 3.63) is 11.6 Å². The quantitative estimate of drug-likeness (QED) is 0.865. The van der Waals surface area contributed by atoms with Gasteiger partial charge in [-0.05, 0) is 56.3 Å². The monoisotopic (exact) mass is 242 g/mol. The molecule has 4 heteroatoms. The largest absolute Gasteiger partial charge is 0.262 e. The molecule has 0 spiro atoms. The average Bonchev–Trinajstić information content (AvgIpc) is 2.77. The van der Waals surface area contributed by atoms with Crippen molar-refractivity contribution in [1.29, 1.82) is 5.26 Å². The van der Waals surface area contributed by atoms with E-state index in [4.69, 9.17) is 5.26 Å².